The first-order chi connectivity index (χ1) is 9.72. The second-order valence-corrected chi connectivity index (χ2v) is 5.95. The highest BCUT2D eigenvalue weighted by Gasteiger charge is 2.23. The molecule has 0 spiro atoms. The van der Waals surface area contributed by atoms with Crippen LogP contribution in [0.25, 0.3) is 0 Å². The van der Waals surface area contributed by atoms with Crippen LogP contribution >= 0.6 is 11.3 Å². The monoisotopic (exact) mass is 287 g/mol. The number of fused-ring (bicyclic) bond motifs is 1. The number of carbonyl (C=O) groups excluding carboxylic acids is 1. The van der Waals surface area contributed by atoms with Gasteiger partial charge in [0.05, 0.1) is 12.6 Å². The first-order valence-corrected chi connectivity index (χ1v) is 7.59. The van der Waals surface area contributed by atoms with E-state index in [1.54, 1.807) is 11.3 Å². The van der Waals surface area contributed by atoms with Crippen LogP contribution in [0.4, 0.5) is 0 Å². The summed E-state index contributed by atoms with van der Waals surface area (Å²) < 4.78 is 0. The molecule has 1 amide bonds. The number of carbonyl (C=O) groups is 1. The van der Waals surface area contributed by atoms with Gasteiger partial charge in [-0.1, -0.05) is 24.3 Å². The smallest absolute Gasteiger partial charge is 0.237 e. The number of hydrogen-bond acceptors (Lipinski definition) is 4. The number of nitrogens with one attached hydrogen (secondary N) is 2. The highest BCUT2D eigenvalue weighted by Crippen LogP contribution is 2.16. The molecule has 4 nitrogen and oxygen atoms in total. The Morgan fingerprint density at radius 2 is 2.25 bits per heavy atom. The van der Waals surface area contributed by atoms with Crippen LogP contribution in [0, 0.1) is 6.92 Å². The van der Waals surface area contributed by atoms with Gasteiger partial charge in [0.2, 0.25) is 5.91 Å². The minimum absolute atomic E-state index is 0.0485. The first-order valence-electron chi connectivity index (χ1n) is 6.71. The molecular weight excluding hydrogens is 270 g/mol. The molecule has 0 fully saturated rings. The molecule has 0 saturated carbocycles. The minimum Gasteiger partial charge on any atom is -0.348 e. The van der Waals surface area contributed by atoms with E-state index in [4.69, 9.17) is 0 Å². The van der Waals surface area contributed by atoms with Crippen LogP contribution in [0.15, 0.2) is 29.6 Å². The van der Waals surface area contributed by atoms with E-state index in [1.807, 2.05) is 24.4 Å². The Bertz CT molecular complexity index is 623. The number of aryl methyl sites for hydroxylation is 1. The summed E-state index contributed by atoms with van der Waals surface area (Å²) in [5.41, 5.74) is 3.55. The van der Waals surface area contributed by atoms with Crippen molar-refractivity contribution in [3.8, 4) is 0 Å². The standard InChI is InChI=1S/C15H17N3OS/c1-10-9-20-14(18-10)8-17-15(19)13-6-11-4-2-3-5-12(11)7-16-13/h2-5,9,13,16H,6-8H2,1H3,(H,17,19). The Morgan fingerprint density at radius 3 is 3.00 bits per heavy atom. The van der Waals surface area contributed by atoms with Gasteiger partial charge in [0, 0.05) is 17.6 Å². The summed E-state index contributed by atoms with van der Waals surface area (Å²) >= 11 is 1.58. The van der Waals surface area contributed by atoms with Crippen molar-refractivity contribution in [2.45, 2.75) is 32.5 Å². The van der Waals surface area contributed by atoms with E-state index in [0.717, 1.165) is 23.7 Å². The average molecular weight is 287 g/mol. The van der Waals surface area contributed by atoms with Gasteiger partial charge in [-0.2, -0.15) is 0 Å². The zero-order chi connectivity index (χ0) is 13.9. The summed E-state index contributed by atoms with van der Waals surface area (Å²) in [6.45, 7) is 3.23. The third kappa shape index (κ3) is 2.89. The molecule has 5 heteroatoms. The quantitative estimate of drug-likeness (QED) is 0.905. The SMILES string of the molecule is Cc1csc(CNC(=O)C2Cc3ccccc3CN2)n1. The van der Waals surface area contributed by atoms with Crippen molar-refractivity contribution in [3.05, 3.63) is 51.5 Å². The van der Waals surface area contributed by atoms with Crippen LogP contribution < -0.4 is 10.6 Å². The van der Waals surface area contributed by atoms with Crippen LogP contribution in [0.3, 0.4) is 0 Å². The van der Waals surface area contributed by atoms with Gasteiger partial charge in [-0.05, 0) is 24.5 Å². The Kier molecular flexibility index (Phi) is 3.80. The summed E-state index contributed by atoms with van der Waals surface area (Å²) in [7, 11) is 0. The largest absolute Gasteiger partial charge is 0.348 e. The van der Waals surface area contributed by atoms with Gasteiger partial charge in [0.1, 0.15) is 5.01 Å². The topological polar surface area (TPSA) is 54.0 Å². The van der Waals surface area contributed by atoms with Gasteiger partial charge in [0.15, 0.2) is 0 Å². The second kappa shape index (κ2) is 5.73. The summed E-state index contributed by atoms with van der Waals surface area (Å²) in [4.78, 5) is 16.5. The number of aromatic nitrogens is 1. The molecule has 3 rings (SSSR count). The molecule has 1 atom stereocenters. The maximum Gasteiger partial charge on any atom is 0.237 e. The number of amides is 1. The van der Waals surface area contributed by atoms with Crippen LogP contribution in [0.1, 0.15) is 21.8 Å². The minimum atomic E-state index is -0.147. The van der Waals surface area contributed by atoms with E-state index in [9.17, 15) is 4.79 Å². The molecule has 1 aromatic carbocycles. The van der Waals surface area contributed by atoms with Crippen LogP contribution in [-0.4, -0.2) is 16.9 Å². The number of thiazole rings is 1. The van der Waals surface area contributed by atoms with E-state index in [2.05, 4.69) is 27.8 Å². The molecular formula is C15H17N3OS. The van der Waals surface area contributed by atoms with Crippen LogP contribution in [0.5, 0.6) is 0 Å². The Hall–Kier alpha value is -1.72. The highest BCUT2D eigenvalue weighted by atomic mass is 32.1. The zero-order valence-corrected chi connectivity index (χ0v) is 12.2. The fraction of sp³-hybridized carbons (Fsp3) is 0.333. The molecule has 1 aliphatic rings. The molecule has 2 aromatic rings. The lowest BCUT2D eigenvalue weighted by atomic mass is 9.95. The molecule has 2 N–H and O–H groups in total. The molecule has 0 radical (unpaired) electrons. The molecule has 20 heavy (non-hydrogen) atoms. The second-order valence-electron chi connectivity index (χ2n) is 5.01. The van der Waals surface area contributed by atoms with Gasteiger partial charge in [0.25, 0.3) is 0 Å². The van der Waals surface area contributed by atoms with E-state index >= 15 is 0 Å². The number of benzene rings is 1. The van der Waals surface area contributed by atoms with Crippen molar-refractivity contribution in [3.63, 3.8) is 0 Å². The maximum atomic E-state index is 12.2. The van der Waals surface area contributed by atoms with Crippen molar-refractivity contribution in [1.29, 1.82) is 0 Å². The Morgan fingerprint density at radius 1 is 1.45 bits per heavy atom. The lowest BCUT2D eigenvalue weighted by Gasteiger charge is -2.25. The normalized spacial score (nSPS) is 17.6. The predicted molar refractivity (Wildman–Crippen MR) is 79.5 cm³/mol. The Labute approximate surface area is 122 Å². The summed E-state index contributed by atoms with van der Waals surface area (Å²) in [5, 5.41) is 9.19. The van der Waals surface area contributed by atoms with Crippen molar-refractivity contribution in [2.24, 2.45) is 0 Å². The predicted octanol–water partition coefficient (Wildman–Crippen LogP) is 1.78. The zero-order valence-electron chi connectivity index (χ0n) is 11.3. The van der Waals surface area contributed by atoms with Crippen molar-refractivity contribution in [2.75, 3.05) is 0 Å². The van der Waals surface area contributed by atoms with E-state index in [1.165, 1.54) is 11.1 Å². The van der Waals surface area contributed by atoms with Crippen LogP contribution in [-0.2, 0) is 24.3 Å². The highest BCUT2D eigenvalue weighted by molar-refractivity contribution is 7.09. The third-order valence-corrected chi connectivity index (χ3v) is 4.44. The van der Waals surface area contributed by atoms with E-state index in [0.29, 0.717) is 6.54 Å². The van der Waals surface area contributed by atoms with Gasteiger partial charge in [-0.25, -0.2) is 4.98 Å². The molecule has 104 valence electrons. The molecule has 1 unspecified atom stereocenters. The number of hydrogen-bond donors (Lipinski definition) is 2. The fourth-order valence-corrected chi connectivity index (χ4v) is 3.12. The lowest BCUT2D eigenvalue weighted by Crippen LogP contribution is -2.47. The molecule has 2 heterocycles. The van der Waals surface area contributed by atoms with E-state index in [-0.39, 0.29) is 11.9 Å². The molecule has 1 aromatic heterocycles. The molecule has 0 bridgehead atoms. The number of rotatable bonds is 3. The summed E-state index contributed by atoms with van der Waals surface area (Å²) in [5.74, 6) is 0.0485. The summed E-state index contributed by atoms with van der Waals surface area (Å²) in [6.07, 6.45) is 0.749. The van der Waals surface area contributed by atoms with Gasteiger partial charge in [-0.15, -0.1) is 11.3 Å². The fourth-order valence-electron chi connectivity index (χ4n) is 2.41. The average Bonchev–Trinajstić information content (AvgIpc) is 2.90. The van der Waals surface area contributed by atoms with Gasteiger partial charge >= 0.3 is 0 Å². The molecule has 0 saturated heterocycles. The van der Waals surface area contributed by atoms with Crippen molar-refractivity contribution in [1.82, 2.24) is 15.6 Å². The lowest BCUT2D eigenvalue weighted by molar-refractivity contribution is -0.123. The maximum absolute atomic E-state index is 12.2. The Balaban J connectivity index is 1.59. The van der Waals surface area contributed by atoms with Gasteiger partial charge in [-0.3, -0.25) is 4.79 Å². The third-order valence-electron chi connectivity index (χ3n) is 3.48. The van der Waals surface area contributed by atoms with E-state index < -0.39 is 0 Å². The van der Waals surface area contributed by atoms with Crippen molar-refractivity contribution < 1.29 is 4.79 Å². The number of nitrogens with zero attached hydrogens (tertiary/aromatic N) is 1. The van der Waals surface area contributed by atoms with Crippen molar-refractivity contribution >= 4 is 17.2 Å². The van der Waals surface area contributed by atoms with Gasteiger partial charge < -0.3 is 10.6 Å². The molecule has 0 aliphatic carbocycles. The first kappa shape index (κ1) is 13.3. The summed E-state index contributed by atoms with van der Waals surface area (Å²) in [6, 6.07) is 8.12. The molecule has 1 aliphatic heterocycles. The van der Waals surface area contributed by atoms with Crippen LogP contribution in [0.2, 0.25) is 0 Å².